The molecule has 3 rings (SSSR count). The van der Waals surface area contributed by atoms with Crippen molar-refractivity contribution < 1.29 is 84.0 Å². The fourth-order valence-corrected chi connectivity index (χ4v) is 5.78. The SMILES string of the molecule is C=C([O-])O[C@@]1(CO)O[C@H](OC2[C@@H](CO)O[C@@H](OC3[C@@H](CO)O[C@@H](O)[C@H](N)[C@H]3O)[C@H](N)[C@H]2O)[C@H](N)[C@@H](O)[C@@]1(O)[N+](C)(C)CCO. The second kappa shape index (κ2) is 14.2. The summed E-state index contributed by atoms with van der Waals surface area (Å²) in [5.74, 6) is -4.07. The van der Waals surface area contributed by atoms with E-state index in [9.17, 15) is 51.1 Å². The lowest BCUT2D eigenvalue weighted by Crippen LogP contribution is -2.86. The topological polar surface area (TPSA) is 339 Å². The first-order chi connectivity index (χ1) is 20.5. The standard InChI is InChI=1S/C24H46N4O16/c1-9(33)43-23(8-32)24(38,28(2,3)4-5-29)19(36)14(27)22(44-23)42-18-11(7-31)40-21(13(26)16(18)35)41-17-10(6-30)39-20(37)12(25)15(17)34/h10-22,29-32,34-38H,1,4-8,25-27H2,2-3H3/t10-,11-,12-,13-,14-,15-,16-,17?,18?,19-,20-,21+,22+,23+,24+/m1/s1. The van der Waals surface area contributed by atoms with Gasteiger partial charge in [-0.05, 0) is 0 Å². The number of hydrogen-bond acceptors (Lipinski definition) is 19. The van der Waals surface area contributed by atoms with Crippen LogP contribution in [0.2, 0.25) is 0 Å². The minimum atomic E-state index is -2.78. The third-order valence-electron chi connectivity index (χ3n) is 8.43. The highest BCUT2D eigenvalue weighted by Gasteiger charge is 2.71. The van der Waals surface area contributed by atoms with E-state index >= 15 is 0 Å². The lowest BCUT2D eigenvalue weighted by molar-refractivity contribution is -0.989. The van der Waals surface area contributed by atoms with Gasteiger partial charge in [0.2, 0.25) is 5.79 Å². The Morgan fingerprint density at radius 3 is 1.89 bits per heavy atom. The van der Waals surface area contributed by atoms with Crippen LogP contribution in [0.4, 0.5) is 0 Å². The zero-order chi connectivity index (χ0) is 33.4. The predicted molar refractivity (Wildman–Crippen MR) is 139 cm³/mol. The number of aliphatic hydroxyl groups excluding tert-OH is 8. The molecular weight excluding hydrogens is 600 g/mol. The average molecular weight is 647 g/mol. The van der Waals surface area contributed by atoms with Crippen LogP contribution >= 0.6 is 0 Å². The van der Waals surface area contributed by atoms with Gasteiger partial charge in [-0.2, -0.15) is 0 Å². The number of rotatable bonds is 12. The molecule has 3 heterocycles. The monoisotopic (exact) mass is 646 g/mol. The van der Waals surface area contributed by atoms with E-state index in [1.807, 2.05) is 0 Å². The first-order valence-corrected chi connectivity index (χ1v) is 13.8. The Kier molecular flexibility index (Phi) is 11.9. The Morgan fingerprint density at radius 2 is 1.39 bits per heavy atom. The first-order valence-electron chi connectivity index (χ1n) is 13.8. The van der Waals surface area contributed by atoms with Crippen molar-refractivity contribution in [3.05, 3.63) is 12.5 Å². The predicted octanol–water partition coefficient (Wildman–Crippen LogP) is -9.10. The lowest BCUT2D eigenvalue weighted by Gasteiger charge is -2.62. The molecule has 0 aliphatic carbocycles. The number of nitrogens with two attached hydrogens (primary N) is 3. The van der Waals surface area contributed by atoms with E-state index in [0.29, 0.717) is 0 Å². The molecule has 0 spiro atoms. The maximum Gasteiger partial charge on any atom is 0.271 e. The molecule has 20 heteroatoms. The third kappa shape index (κ3) is 6.43. The van der Waals surface area contributed by atoms with Crippen molar-refractivity contribution in [2.24, 2.45) is 17.2 Å². The van der Waals surface area contributed by atoms with Gasteiger partial charge < -0.3 is 96.7 Å². The summed E-state index contributed by atoms with van der Waals surface area (Å²) in [6, 6.07) is -4.50. The van der Waals surface area contributed by atoms with E-state index in [4.69, 9.17) is 45.6 Å². The second-order valence-corrected chi connectivity index (χ2v) is 11.6. The fourth-order valence-electron chi connectivity index (χ4n) is 5.78. The van der Waals surface area contributed by atoms with Crippen LogP contribution in [0.1, 0.15) is 0 Å². The zero-order valence-corrected chi connectivity index (χ0v) is 24.3. The molecule has 44 heavy (non-hydrogen) atoms. The largest absolute Gasteiger partial charge is 0.576 e. The number of likely N-dealkylation sites (N-methyl/N-ethyl adjacent to an activating group) is 1. The van der Waals surface area contributed by atoms with E-state index in [-0.39, 0.29) is 6.54 Å². The van der Waals surface area contributed by atoms with Gasteiger partial charge in [-0.25, -0.2) is 0 Å². The average Bonchev–Trinajstić information content (AvgIpc) is 2.97. The van der Waals surface area contributed by atoms with Crippen LogP contribution in [0.5, 0.6) is 0 Å². The van der Waals surface area contributed by atoms with Crippen LogP contribution in [-0.4, -0.2) is 189 Å². The van der Waals surface area contributed by atoms with Crippen molar-refractivity contribution in [2.45, 2.75) is 91.2 Å². The van der Waals surface area contributed by atoms with Crippen molar-refractivity contribution in [3.63, 3.8) is 0 Å². The third-order valence-corrected chi connectivity index (χ3v) is 8.43. The molecule has 0 aromatic heterocycles. The molecule has 0 amide bonds. The molecular formula is C24H46N4O16. The first kappa shape index (κ1) is 37.1. The van der Waals surface area contributed by atoms with Crippen molar-refractivity contribution in [1.82, 2.24) is 0 Å². The molecule has 0 bridgehead atoms. The van der Waals surface area contributed by atoms with Gasteiger partial charge in [-0.15, -0.1) is 0 Å². The van der Waals surface area contributed by atoms with Crippen LogP contribution in [0.15, 0.2) is 12.5 Å². The second-order valence-electron chi connectivity index (χ2n) is 11.6. The van der Waals surface area contributed by atoms with Gasteiger partial charge in [0.1, 0.15) is 43.2 Å². The Labute approximate surface area is 252 Å². The Hall–Kier alpha value is -1.38. The van der Waals surface area contributed by atoms with E-state index in [1.54, 1.807) is 0 Å². The summed E-state index contributed by atoms with van der Waals surface area (Å²) >= 11 is 0. The summed E-state index contributed by atoms with van der Waals surface area (Å²) in [6.07, 6.45) is -16.2. The molecule has 0 saturated carbocycles. The summed E-state index contributed by atoms with van der Waals surface area (Å²) in [6.45, 7) is -0.507. The van der Waals surface area contributed by atoms with Crippen LogP contribution in [0, 0.1) is 0 Å². The number of quaternary nitrogens is 1. The van der Waals surface area contributed by atoms with Gasteiger partial charge >= 0.3 is 0 Å². The van der Waals surface area contributed by atoms with Gasteiger partial charge in [0.15, 0.2) is 25.0 Å². The molecule has 0 radical (unpaired) electrons. The van der Waals surface area contributed by atoms with Crippen molar-refractivity contribution in [2.75, 3.05) is 47.1 Å². The molecule has 3 aliphatic rings. The highest BCUT2D eigenvalue weighted by atomic mass is 16.8. The van der Waals surface area contributed by atoms with Crippen molar-refractivity contribution in [1.29, 1.82) is 0 Å². The molecule has 258 valence electrons. The maximum atomic E-state index is 12.0. The molecule has 20 nitrogen and oxygen atoms in total. The molecule has 15 atom stereocenters. The van der Waals surface area contributed by atoms with Gasteiger partial charge in [-0.1, -0.05) is 6.58 Å². The highest BCUT2D eigenvalue weighted by Crippen LogP contribution is 2.45. The smallest absolute Gasteiger partial charge is 0.271 e. The summed E-state index contributed by atoms with van der Waals surface area (Å²) in [5, 5.41) is 106. The fraction of sp³-hybridized carbons (Fsp3) is 0.917. The van der Waals surface area contributed by atoms with Crippen LogP contribution in [0.25, 0.3) is 0 Å². The molecule has 3 saturated heterocycles. The van der Waals surface area contributed by atoms with E-state index < -0.39 is 128 Å². The Morgan fingerprint density at radius 1 is 0.864 bits per heavy atom. The van der Waals surface area contributed by atoms with Gasteiger partial charge in [-0.3, -0.25) is 4.48 Å². The Bertz CT molecular complexity index is 965. The maximum absolute atomic E-state index is 12.0. The van der Waals surface area contributed by atoms with Crippen LogP contribution in [0.3, 0.4) is 0 Å². The summed E-state index contributed by atoms with van der Waals surface area (Å²) in [7, 11) is 2.67. The minimum Gasteiger partial charge on any atom is -0.576 e. The van der Waals surface area contributed by atoms with E-state index in [0.717, 1.165) is 0 Å². The van der Waals surface area contributed by atoms with Gasteiger partial charge in [0.05, 0.1) is 58.6 Å². The van der Waals surface area contributed by atoms with E-state index in [2.05, 4.69) is 6.58 Å². The molecule has 15 N–H and O–H groups in total. The summed E-state index contributed by atoms with van der Waals surface area (Å²) in [4.78, 5) is 0. The molecule has 3 aliphatic heterocycles. The normalized spacial score (nSPS) is 46.9. The van der Waals surface area contributed by atoms with Gasteiger partial charge in [0.25, 0.3) is 5.72 Å². The van der Waals surface area contributed by atoms with Crippen molar-refractivity contribution in [3.8, 4) is 0 Å². The molecule has 3 fully saturated rings. The lowest BCUT2D eigenvalue weighted by atomic mass is 9.84. The molecule has 2 unspecified atom stereocenters. The van der Waals surface area contributed by atoms with Crippen molar-refractivity contribution >= 4 is 0 Å². The van der Waals surface area contributed by atoms with E-state index in [1.165, 1.54) is 14.1 Å². The number of hydrogen-bond donors (Lipinski definition) is 12. The number of nitrogens with zero attached hydrogens (tertiary/aromatic N) is 1. The minimum absolute atomic E-state index is 0.245. The van der Waals surface area contributed by atoms with Crippen LogP contribution < -0.4 is 22.3 Å². The highest BCUT2D eigenvalue weighted by molar-refractivity contribution is 5.05. The summed E-state index contributed by atoms with van der Waals surface area (Å²) in [5.41, 5.74) is 15.4. The Balaban J connectivity index is 1.89. The molecule has 0 aromatic carbocycles. The zero-order valence-electron chi connectivity index (χ0n) is 24.3. The van der Waals surface area contributed by atoms with Crippen LogP contribution in [-0.2, 0) is 28.4 Å². The molecule has 0 aromatic rings. The van der Waals surface area contributed by atoms with Gasteiger partial charge in [0, 0.05) is 5.95 Å². The number of ether oxygens (including phenoxy) is 6. The quantitative estimate of drug-likeness (QED) is 0.0532. The number of aliphatic hydroxyl groups is 9. The summed E-state index contributed by atoms with van der Waals surface area (Å²) < 4.78 is 32.5.